The highest BCUT2D eigenvalue weighted by molar-refractivity contribution is 5.75. The van der Waals surface area contributed by atoms with Gasteiger partial charge in [-0.3, -0.25) is 4.79 Å². The van der Waals surface area contributed by atoms with Crippen molar-refractivity contribution in [1.29, 1.82) is 0 Å². The van der Waals surface area contributed by atoms with Crippen molar-refractivity contribution >= 4 is 5.97 Å². The van der Waals surface area contributed by atoms with Crippen molar-refractivity contribution in [1.82, 2.24) is 0 Å². The van der Waals surface area contributed by atoms with Gasteiger partial charge in [-0.05, 0) is 36.1 Å². The number of allylic oxidation sites excluding steroid dienone is 1. The fourth-order valence-corrected chi connectivity index (χ4v) is 2.04. The first-order chi connectivity index (χ1) is 9.61. The molecule has 0 saturated heterocycles. The van der Waals surface area contributed by atoms with Gasteiger partial charge < -0.3 is 14.6 Å². The van der Waals surface area contributed by atoms with Gasteiger partial charge in [0.05, 0.1) is 5.92 Å². The van der Waals surface area contributed by atoms with Crippen LogP contribution >= 0.6 is 0 Å². The Kier molecular flexibility index (Phi) is 4.45. The van der Waals surface area contributed by atoms with Gasteiger partial charge in [0.2, 0.25) is 0 Å². The van der Waals surface area contributed by atoms with Crippen LogP contribution in [-0.2, 0) is 9.53 Å². The molecule has 2 unspecified atom stereocenters. The quantitative estimate of drug-likeness (QED) is 0.450. The minimum atomic E-state index is -0.713. The van der Waals surface area contributed by atoms with E-state index in [1.54, 1.807) is 6.08 Å². The van der Waals surface area contributed by atoms with Gasteiger partial charge in [0.1, 0.15) is 24.7 Å². The summed E-state index contributed by atoms with van der Waals surface area (Å²) in [5.74, 6) is 0.488. The first-order valence-corrected chi connectivity index (χ1v) is 6.51. The summed E-state index contributed by atoms with van der Waals surface area (Å²) in [4.78, 5) is 10.8. The lowest BCUT2D eigenvalue weighted by molar-refractivity contribution is -0.138. The zero-order valence-electron chi connectivity index (χ0n) is 11.2. The van der Waals surface area contributed by atoms with E-state index < -0.39 is 5.97 Å². The summed E-state index contributed by atoms with van der Waals surface area (Å²) in [7, 11) is 0. The number of carbonyl (C=O) groups is 1. The summed E-state index contributed by atoms with van der Waals surface area (Å²) in [5.41, 5.74) is 1.06. The van der Waals surface area contributed by atoms with E-state index in [-0.39, 0.29) is 11.8 Å². The number of carboxylic acids is 1. The number of carboxylic acid groups (broad SMARTS) is 1. The monoisotopic (exact) mass is 274 g/mol. The van der Waals surface area contributed by atoms with Crippen LogP contribution in [0.15, 0.2) is 49.3 Å². The Morgan fingerprint density at radius 3 is 2.60 bits per heavy atom. The number of rotatable bonds is 8. The Balaban J connectivity index is 1.76. The Bertz CT molecular complexity index is 504. The maximum atomic E-state index is 10.8. The van der Waals surface area contributed by atoms with Gasteiger partial charge in [-0.2, -0.15) is 0 Å². The molecule has 1 aliphatic rings. The fourth-order valence-electron chi connectivity index (χ4n) is 2.04. The van der Waals surface area contributed by atoms with Gasteiger partial charge in [-0.1, -0.05) is 25.3 Å². The summed E-state index contributed by atoms with van der Waals surface area (Å²) >= 11 is 0. The fraction of sp³-hybridized carbons (Fsp3) is 0.312. The molecule has 1 aromatic rings. The van der Waals surface area contributed by atoms with E-state index in [2.05, 4.69) is 13.2 Å². The average Bonchev–Trinajstić information content (AvgIpc) is 3.24. The smallest absolute Gasteiger partial charge is 0.307 e. The predicted molar refractivity (Wildman–Crippen MR) is 75.7 cm³/mol. The molecule has 2 rings (SSSR count). The van der Waals surface area contributed by atoms with Crippen molar-refractivity contribution in [2.45, 2.75) is 12.3 Å². The van der Waals surface area contributed by atoms with Crippen molar-refractivity contribution in [3.8, 4) is 5.75 Å². The van der Waals surface area contributed by atoms with Gasteiger partial charge in [0, 0.05) is 0 Å². The highest BCUT2D eigenvalue weighted by atomic mass is 16.5. The Labute approximate surface area is 118 Å². The molecule has 0 radical (unpaired) electrons. The van der Waals surface area contributed by atoms with E-state index in [9.17, 15) is 4.79 Å². The van der Waals surface area contributed by atoms with Crippen molar-refractivity contribution in [2.24, 2.45) is 5.92 Å². The lowest BCUT2D eigenvalue weighted by Crippen LogP contribution is -2.05. The molecule has 0 spiro atoms. The molecule has 106 valence electrons. The molecular formula is C16H18O4. The molecule has 1 N–H and O–H groups in total. The number of hydrogen-bond donors (Lipinski definition) is 1. The largest absolute Gasteiger partial charge is 0.491 e. The van der Waals surface area contributed by atoms with Crippen LogP contribution in [0.2, 0.25) is 0 Å². The third-order valence-corrected chi connectivity index (χ3v) is 3.28. The first kappa shape index (κ1) is 14.2. The molecule has 1 fully saturated rings. The maximum absolute atomic E-state index is 10.8. The van der Waals surface area contributed by atoms with E-state index in [0.717, 1.165) is 17.7 Å². The molecule has 1 aromatic carbocycles. The molecule has 0 amide bonds. The van der Waals surface area contributed by atoms with Gasteiger partial charge in [0.25, 0.3) is 0 Å². The highest BCUT2D eigenvalue weighted by Gasteiger charge is 2.43. The van der Waals surface area contributed by atoms with Gasteiger partial charge in [-0.25, -0.2) is 0 Å². The zero-order chi connectivity index (χ0) is 14.5. The summed E-state index contributed by atoms with van der Waals surface area (Å²) in [6.07, 6.45) is 2.27. The van der Waals surface area contributed by atoms with Crippen molar-refractivity contribution < 1.29 is 19.4 Å². The minimum Gasteiger partial charge on any atom is -0.491 e. The normalized spacial score (nSPS) is 20.0. The second-order valence-electron chi connectivity index (χ2n) is 4.72. The molecule has 4 heteroatoms. The van der Waals surface area contributed by atoms with Gasteiger partial charge in [-0.15, -0.1) is 0 Å². The zero-order valence-corrected chi connectivity index (χ0v) is 11.2. The standard InChI is InChI=1S/C16H18O4/c1-3-11(2)19-8-9-20-13-6-4-12(5-7-13)14-10-15(14)16(17)18/h3-7,14-15H,1-2,8-10H2,(H,17,18). The van der Waals surface area contributed by atoms with Crippen LogP contribution in [0.25, 0.3) is 0 Å². The van der Waals surface area contributed by atoms with Gasteiger partial charge >= 0.3 is 5.97 Å². The number of hydrogen-bond acceptors (Lipinski definition) is 3. The van der Waals surface area contributed by atoms with Crippen LogP contribution < -0.4 is 4.74 Å². The van der Waals surface area contributed by atoms with Crippen LogP contribution in [0.4, 0.5) is 0 Å². The Hall–Kier alpha value is -2.23. The molecule has 0 heterocycles. The van der Waals surface area contributed by atoms with Crippen molar-refractivity contribution in [3.63, 3.8) is 0 Å². The second-order valence-corrected chi connectivity index (χ2v) is 4.72. The molecule has 1 aliphatic carbocycles. The van der Waals surface area contributed by atoms with Crippen molar-refractivity contribution in [2.75, 3.05) is 13.2 Å². The molecule has 1 saturated carbocycles. The topological polar surface area (TPSA) is 55.8 Å². The van der Waals surface area contributed by atoms with Crippen LogP contribution in [0, 0.1) is 5.92 Å². The third-order valence-electron chi connectivity index (χ3n) is 3.28. The summed E-state index contributed by atoms with van der Waals surface area (Å²) in [5, 5.41) is 8.90. The maximum Gasteiger partial charge on any atom is 0.307 e. The van der Waals surface area contributed by atoms with E-state index in [4.69, 9.17) is 14.6 Å². The highest BCUT2D eigenvalue weighted by Crippen LogP contribution is 2.47. The van der Waals surface area contributed by atoms with Crippen LogP contribution in [0.3, 0.4) is 0 Å². The summed E-state index contributed by atoms with van der Waals surface area (Å²) in [6.45, 7) is 8.01. The summed E-state index contributed by atoms with van der Waals surface area (Å²) < 4.78 is 10.7. The lowest BCUT2D eigenvalue weighted by atomic mass is 10.1. The first-order valence-electron chi connectivity index (χ1n) is 6.51. The van der Waals surface area contributed by atoms with Crippen LogP contribution in [-0.4, -0.2) is 24.3 Å². The van der Waals surface area contributed by atoms with E-state index in [1.165, 1.54) is 0 Å². The molecule has 20 heavy (non-hydrogen) atoms. The Morgan fingerprint density at radius 1 is 1.35 bits per heavy atom. The number of aliphatic carboxylic acids is 1. The SMILES string of the molecule is C=CC(=C)OCCOc1ccc(C2CC2C(=O)O)cc1. The third kappa shape index (κ3) is 3.63. The molecule has 4 nitrogen and oxygen atoms in total. The molecule has 0 aliphatic heterocycles. The predicted octanol–water partition coefficient (Wildman–Crippen LogP) is 2.97. The van der Waals surface area contributed by atoms with E-state index in [0.29, 0.717) is 19.0 Å². The number of ether oxygens (including phenoxy) is 2. The van der Waals surface area contributed by atoms with E-state index >= 15 is 0 Å². The molecular weight excluding hydrogens is 256 g/mol. The van der Waals surface area contributed by atoms with Crippen molar-refractivity contribution in [3.05, 3.63) is 54.8 Å². The molecule has 0 bridgehead atoms. The minimum absolute atomic E-state index is 0.154. The van der Waals surface area contributed by atoms with Gasteiger partial charge in [0.15, 0.2) is 0 Å². The number of benzene rings is 1. The summed E-state index contributed by atoms with van der Waals surface area (Å²) in [6, 6.07) is 7.56. The average molecular weight is 274 g/mol. The lowest BCUT2D eigenvalue weighted by Gasteiger charge is -2.08. The van der Waals surface area contributed by atoms with E-state index in [1.807, 2.05) is 24.3 Å². The molecule has 0 aromatic heterocycles. The van der Waals surface area contributed by atoms with Crippen LogP contribution in [0.1, 0.15) is 17.9 Å². The molecule has 2 atom stereocenters. The van der Waals surface area contributed by atoms with Crippen LogP contribution in [0.5, 0.6) is 5.75 Å². The Morgan fingerprint density at radius 2 is 2.05 bits per heavy atom. The second kappa shape index (κ2) is 6.28.